The van der Waals surface area contributed by atoms with Crippen LogP contribution in [0.2, 0.25) is 0 Å². The van der Waals surface area contributed by atoms with Crippen molar-refractivity contribution < 1.29 is 9.30 Å². The number of H-pyrrole nitrogens is 2. The van der Waals surface area contributed by atoms with Crippen molar-refractivity contribution in [3.8, 4) is 5.75 Å². The summed E-state index contributed by atoms with van der Waals surface area (Å²) >= 11 is 0. The molecular formula is C25H21N4O+. The van der Waals surface area contributed by atoms with Gasteiger partial charge in [-0.25, -0.2) is 0 Å². The van der Waals surface area contributed by atoms with Crippen molar-refractivity contribution in [3.63, 3.8) is 0 Å². The van der Waals surface area contributed by atoms with E-state index < -0.39 is 0 Å². The molecule has 5 nitrogen and oxygen atoms in total. The third kappa shape index (κ3) is 2.48. The zero-order valence-corrected chi connectivity index (χ0v) is 16.9. The maximum Gasteiger partial charge on any atom is 0.292 e. The molecule has 0 aliphatic heterocycles. The highest BCUT2D eigenvalue weighted by Gasteiger charge is 2.15. The van der Waals surface area contributed by atoms with E-state index in [0.29, 0.717) is 6.73 Å². The highest BCUT2D eigenvalue weighted by Crippen LogP contribution is 2.29. The summed E-state index contributed by atoms with van der Waals surface area (Å²) in [6.07, 6.45) is 3.95. The Bertz CT molecular complexity index is 1570. The number of hydrogen-bond donors (Lipinski definition) is 2. The highest BCUT2D eigenvalue weighted by atomic mass is 16.5. The molecule has 0 spiro atoms. The zero-order chi connectivity index (χ0) is 20.2. The van der Waals surface area contributed by atoms with Crippen LogP contribution in [0.1, 0.15) is 11.4 Å². The Hall–Kier alpha value is -3.86. The summed E-state index contributed by atoms with van der Waals surface area (Å²) in [4.78, 5) is 11.4. The number of aromatic nitrogens is 4. The first-order valence-corrected chi connectivity index (χ1v) is 10.1. The molecule has 146 valence electrons. The SMILES string of the molecule is Cc1nccc2c1[nH]c1cc(OC[n+]3ccc4c([nH]c5ccccc54)c3C)ccc12. The summed E-state index contributed by atoms with van der Waals surface area (Å²) in [5.74, 6) is 0.836. The van der Waals surface area contributed by atoms with E-state index in [4.69, 9.17) is 4.74 Å². The molecular weight excluding hydrogens is 372 g/mol. The number of aromatic amines is 2. The van der Waals surface area contributed by atoms with Gasteiger partial charge >= 0.3 is 0 Å². The molecule has 0 atom stereocenters. The number of nitrogens with zero attached hydrogens (tertiary/aromatic N) is 2. The fourth-order valence-electron chi connectivity index (χ4n) is 4.36. The number of hydrogen-bond acceptors (Lipinski definition) is 2. The number of benzene rings is 2. The van der Waals surface area contributed by atoms with E-state index in [-0.39, 0.29) is 0 Å². The Morgan fingerprint density at radius 3 is 2.57 bits per heavy atom. The lowest BCUT2D eigenvalue weighted by Gasteiger charge is -2.05. The summed E-state index contributed by atoms with van der Waals surface area (Å²) in [7, 11) is 0. The van der Waals surface area contributed by atoms with Crippen LogP contribution in [-0.4, -0.2) is 15.0 Å². The molecule has 6 rings (SSSR count). The van der Waals surface area contributed by atoms with Crippen molar-refractivity contribution in [1.29, 1.82) is 0 Å². The number of rotatable bonds is 3. The second kappa shape index (κ2) is 6.32. The lowest BCUT2D eigenvalue weighted by atomic mass is 10.1. The molecule has 2 aromatic carbocycles. The molecule has 30 heavy (non-hydrogen) atoms. The Labute approximate surface area is 172 Å². The van der Waals surface area contributed by atoms with E-state index in [9.17, 15) is 0 Å². The van der Waals surface area contributed by atoms with Crippen molar-refractivity contribution in [1.82, 2.24) is 15.0 Å². The molecule has 0 bridgehead atoms. The molecule has 0 saturated heterocycles. The Morgan fingerprint density at radius 2 is 1.63 bits per heavy atom. The summed E-state index contributed by atoms with van der Waals surface area (Å²) in [5, 5.41) is 4.87. The number of pyridine rings is 2. The maximum atomic E-state index is 6.14. The summed E-state index contributed by atoms with van der Waals surface area (Å²) < 4.78 is 8.27. The molecule has 4 aromatic heterocycles. The molecule has 5 heteroatoms. The molecule has 0 radical (unpaired) electrons. The second-order valence-electron chi connectivity index (χ2n) is 7.75. The van der Waals surface area contributed by atoms with Crippen LogP contribution in [0, 0.1) is 13.8 Å². The van der Waals surface area contributed by atoms with Gasteiger partial charge in [-0.3, -0.25) is 4.98 Å². The smallest absolute Gasteiger partial charge is 0.292 e. The topological polar surface area (TPSA) is 57.6 Å². The number of aryl methyl sites for hydroxylation is 2. The fraction of sp³-hybridized carbons (Fsp3) is 0.120. The molecule has 0 aliphatic carbocycles. The van der Waals surface area contributed by atoms with Gasteiger partial charge in [-0.1, -0.05) is 18.2 Å². The Kier molecular flexibility index (Phi) is 3.59. The quantitative estimate of drug-likeness (QED) is 0.401. The third-order valence-electron chi connectivity index (χ3n) is 6.01. The van der Waals surface area contributed by atoms with E-state index in [1.807, 2.05) is 19.2 Å². The van der Waals surface area contributed by atoms with Gasteiger partial charge in [0.25, 0.3) is 6.73 Å². The molecule has 0 fully saturated rings. The van der Waals surface area contributed by atoms with E-state index in [1.54, 1.807) is 0 Å². The standard InChI is InChI=1S/C25H20N4O/c1-15-24-20(9-11-26-15)19-8-7-17(13-23(19)28-24)30-14-29-12-10-21-18-5-3-4-6-22(18)27-25(21)16(29)2/h3-13H,14H2,1-2H3,(H,26,28)/p+1. The minimum Gasteiger partial charge on any atom is -0.436 e. The van der Waals surface area contributed by atoms with Gasteiger partial charge in [-0.2, -0.15) is 4.57 Å². The molecule has 0 saturated carbocycles. The van der Waals surface area contributed by atoms with Crippen molar-refractivity contribution in [2.24, 2.45) is 0 Å². The van der Waals surface area contributed by atoms with Crippen LogP contribution in [0.5, 0.6) is 5.75 Å². The van der Waals surface area contributed by atoms with Crippen LogP contribution in [0.15, 0.2) is 67.0 Å². The fourth-order valence-corrected chi connectivity index (χ4v) is 4.36. The van der Waals surface area contributed by atoms with Crippen molar-refractivity contribution in [2.45, 2.75) is 20.6 Å². The van der Waals surface area contributed by atoms with E-state index in [1.165, 1.54) is 21.5 Å². The van der Waals surface area contributed by atoms with Gasteiger partial charge in [0.05, 0.1) is 16.7 Å². The third-order valence-corrected chi connectivity index (χ3v) is 6.01. The van der Waals surface area contributed by atoms with Crippen LogP contribution in [0.3, 0.4) is 0 Å². The molecule has 4 heterocycles. The first kappa shape index (κ1) is 17.0. The van der Waals surface area contributed by atoms with Crippen LogP contribution in [0.4, 0.5) is 0 Å². The van der Waals surface area contributed by atoms with Gasteiger partial charge in [-0.05, 0) is 31.2 Å². The molecule has 6 aromatic rings. The summed E-state index contributed by atoms with van der Waals surface area (Å²) in [6.45, 7) is 4.59. The number of ether oxygens (including phenoxy) is 1. The molecule has 0 unspecified atom stereocenters. The van der Waals surface area contributed by atoms with Gasteiger partial charge in [0.15, 0.2) is 6.20 Å². The van der Waals surface area contributed by atoms with Crippen LogP contribution >= 0.6 is 0 Å². The largest absolute Gasteiger partial charge is 0.436 e. The van der Waals surface area contributed by atoms with Gasteiger partial charge in [0, 0.05) is 52.3 Å². The van der Waals surface area contributed by atoms with Crippen LogP contribution < -0.4 is 9.30 Å². The maximum absolute atomic E-state index is 6.14. The van der Waals surface area contributed by atoms with Crippen molar-refractivity contribution in [2.75, 3.05) is 0 Å². The predicted molar refractivity (Wildman–Crippen MR) is 120 cm³/mol. The van der Waals surface area contributed by atoms with E-state index in [2.05, 4.69) is 81.2 Å². The van der Waals surface area contributed by atoms with Crippen molar-refractivity contribution >= 4 is 43.6 Å². The average Bonchev–Trinajstić information content (AvgIpc) is 3.33. The van der Waals surface area contributed by atoms with Gasteiger partial charge in [-0.15, -0.1) is 0 Å². The minimum atomic E-state index is 0.448. The molecule has 0 aliphatic rings. The van der Waals surface area contributed by atoms with Gasteiger partial charge in [0.2, 0.25) is 5.69 Å². The van der Waals surface area contributed by atoms with Crippen molar-refractivity contribution in [3.05, 3.63) is 78.4 Å². The Balaban J connectivity index is 1.34. The number of nitrogens with one attached hydrogen (secondary N) is 2. The van der Waals surface area contributed by atoms with Crippen LogP contribution in [0.25, 0.3) is 43.6 Å². The number of para-hydroxylation sites is 1. The highest BCUT2D eigenvalue weighted by molar-refractivity contribution is 6.08. The normalized spacial score (nSPS) is 11.8. The minimum absolute atomic E-state index is 0.448. The lowest BCUT2D eigenvalue weighted by molar-refractivity contribution is -0.728. The average molecular weight is 393 g/mol. The summed E-state index contributed by atoms with van der Waals surface area (Å²) in [6, 6.07) is 18.8. The van der Waals surface area contributed by atoms with Crippen LogP contribution in [-0.2, 0) is 6.73 Å². The lowest BCUT2D eigenvalue weighted by Crippen LogP contribution is -2.39. The first-order valence-electron chi connectivity index (χ1n) is 10.1. The molecule has 2 N–H and O–H groups in total. The van der Waals surface area contributed by atoms with E-state index in [0.717, 1.165) is 39.2 Å². The Morgan fingerprint density at radius 1 is 0.833 bits per heavy atom. The second-order valence-corrected chi connectivity index (χ2v) is 7.75. The van der Waals surface area contributed by atoms with Gasteiger partial charge in [0.1, 0.15) is 11.3 Å². The number of fused-ring (bicyclic) bond motifs is 6. The molecule has 0 amide bonds. The monoisotopic (exact) mass is 393 g/mol. The zero-order valence-electron chi connectivity index (χ0n) is 16.9. The van der Waals surface area contributed by atoms with E-state index >= 15 is 0 Å². The first-order chi connectivity index (χ1) is 14.7. The summed E-state index contributed by atoms with van der Waals surface area (Å²) in [5.41, 5.74) is 6.60. The predicted octanol–water partition coefficient (Wildman–Crippen LogP) is 5.29. The van der Waals surface area contributed by atoms with Gasteiger partial charge < -0.3 is 14.7 Å².